The van der Waals surface area contributed by atoms with Crippen LogP contribution in [0, 0.1) is 0 Å². The first-order chi connectivity index (χ1) is 8.24. The topological polar surface area (TPSA) is 28.6 Å². The Kier molecular flexibility index (Phi) is 4.76. The van der Waals surface area contributed by atoms with Crippen LogP contribution in [0.5, 0.6) is 5.75 Å². The Morgan fingerprint density at radius 3 is 2.76 bits per heavy atom. The van der Waals surface area contributed by atoms with Crippen molar-refractivity contribution in [1.29, 1.82) is 0 Å². The van der Waals surface area contributed by atoms with Gasteiger partial charge < -0.3 is 9.64 Å². The molecule has 4 nitrogen and oxygen atoms in total. The third-order valence-corrected chi connectivity index (χ3v) is 3.39. The fraction of sp³-hybridized carbons (Fsp3) is 0.583. The van der Waals surface area contributed by atoms with E-state index in [1.54, 1.807) is 12.4 Å². The summed E-state index contributed by atoms with van der Waals surface area (Å²) in [7, 11) is 2.17. The molecule has 0 aliphatic carbocycles. The predicted molar refractivity (Wildman–Crippen MR) is 71.4 cm³/mol. The number of likely N-dealkylation sites (N-methyl/N-ethyl adjacent to an activating group) is 1. The maximum atomic E-state index is 5.67. The van der Waals surface area contributed by atoms with E-state index in [2.05, 4.69) is 37.8 Å². The normalized spacial score (nSPS) is 18.2. The van der Waals surface area contributed by atoms with Crippen molar-refractivity contribution in [3.63, 3.8) is 0 Å². The van der Waals surface area contributed by atoms with Crippen LogP contribution in [0.1, 0.15) is 0 Å². The van der Waals surface area contributed by atoms with E-state index in [0.29, 0.717) is 0 Å². The minimum atomic E-state index is 0.724. The number of piperazine rings is 1. The molecule has 0 spiro atoms. The molecular formula is C12H18BrN3O. The summed E-state index contributed by atoms with van der Waals surface area (Å²) < 4.78 is 6.62. The Labute approximate surface area is 111 Å². The van der Waals surface area contributed by atoms with Gasteiger partial charge in [-0.25, -0.2) is 0 Å². The second-order valence-electron chi connectivity index (χ2n) is 4.33. The Morgan fingerprint density at radius 2 is 2.06 bits per heavy atom. The molecule has 1 aliphatic rings. The molecular weight excluding hydrogens is 282 g/mol. The Morgan fingerprint density at radius 1 is 1.29 bits per heavy atom. The van der Waals surface area contributed by atoms with E-state index < -0.39 is 0 Å². The molecule has 17 heavy (non-hydrogen) atoms. The maximum Gasteiger partial charge on any atom is 0.138 e. The second kappa shape index (κ2) is 6.33. The van der Waals surface area contributed by atoms with Crippen molar-refractivity contribution in [2.24, 2.45) is 0 Å². The van der Waals surface area contributed by atoms with Crippen LogP contribution in [-0.2, 0) is 0 Å². The standard InChI is InChI=1S/C12H18BrN3O/c1-15-2-4-16(5-3-15)6-7-17-12-8-11(13)9-14-10-12/h8-10H,2-7H2,1H3. The molecule has 2 rings (SSSR count). The number of aromatic nitrogens is 1. The van der Waals surface area contributed by atoms with Gasteiger partial charge in [0, 0.05) is 43.4 Å². The quantitative estimate of drug-likeness (QED) is 0.842. The average Bonchev–Trinajstić information content (AvgIpc) is 2.32. The van der Waals surface area contributed by atoms with Crippen molar-refractivity contribution in [3.05, 3.63) is 22.9 Å². The minimum Gasteiger partial charge on any atom is -0.491 e. The molecule has 0 N–H and O–H groups in total. The first kappa shape index (κ1) is 12.8. The van der Waals surface area contributed by atoms with Crippen molar-refractivity contribution in [3.8, 4) is 5.75 Å². The van der Waals surface area contributed by atoms with Crippen LogP contribution in [0.3, 0.4) is 0 Å². The van der Waals surface area contributed by atoms with Gasteiger partial charge in [-0.15, -0.1) is 0 Å². The van der Waals surface area contributed by atoms with Crippen LogP contribution in [0.2, 0.25) is 0 Å². The van der Waals surface area contributed by atoms with E-state index in [-0.39, 0.29) is 0 Å². The molecule has 5 heteroatoms. The molecule has 0 aromatic carbocycles. The molecule has 0 atom stereocenters. The summed E-state index contributed by atoms with van der Waals surface area (Å²) in [6, 6.07) is 1.94. The Hall–Kier alpha value is -0.650. The highest BCUT2D eigenvalue weighted by molar-refractivity contribution is 9.10. The van der Waals surface area contributed by atoms with E-state index in [4.69, 9.17) is 4.74 Å². The van der Waals surface area contributed by atoms with Gasteiger partial charge >= 0.3 is 0 Å². The molecule has 0 amide bonds. The molecule has 0 bridgehead atoms. The summed E-state index contributed by atoms with van der Waals surface area (Å²) in [5, 5.41) is 0. The fourth-order valence-electron chi connectivity index (χ4n) is 1.84. The molecule has 1 aliphatic heterocycles. The van der Waals surface area contributed by atoms with Gasteiger partial charge in [-0.05, 0) is 29.0 Å². The van der Waals surface area contributed by atoms with Gasteiger partial charge in [0.2, 0.25) is 0 Å². The zero-order chi connectivity index (χ0) is 12.1. The smallest absolute Gasteiger partial charge is 0.138 e. The highest BCUT2D eigenvalue weighted by Crippen LogP contribution is 2.15. The van der Waals surface area contributed by atoms with Crippen molar-refractivity contribution in [1.82, 2.24) is 14.8 Å². The molecule has 94 valence electrons. The number of hydrogen-bond acceptors (Lipinski definition) is 4. The fourth-order valence-corrected chi connectivity index (χ4v) is 2.18. The number of pyridine rings is 1. The number of nitrogens with zero attached hydrogens (tertiary/aromatic N) is 3. The molecule has 1 saturated heterocycles. The van der Waals surface area contributed by atoms with E-state index in [1.165, 1.54) is 0 Å². The lowest BCUT2D eigenvalue weighted by molar-refractivity contribution is 0.133. The summed E-state index contributed by atoms with van der Waals surface area (Å²) in [6.45, 7) is 6.28. The van der Waals surface area contributed by atoms with Gasteiger partial charge in [-0.2, -0.15) is 0 Å². The van der Waals surface area contributed by atoms with Crippen LogP contribution in [0.25, 0.3) is 0 Å². The largest absolute Gasteiger partial charge is 0.491 e. The van der Waals surface area contributed by atoms with E-state index in [0.717, 1.165) is 49.6 Å². The maximum absolute atomic E-state index is 5.67. The number of halogens is 1. The molecule has 2 heterocycles. The lowest BCUT2D eigenvalue weighted by Gasteiger charge is -2.32. The van der Waals surface area contributed by atoms with Crippen molar-refractivity contribution < 1.29 is 4.74 Å². The monoisotopic (exact) mass is 299 g/mol. The average molecular weight is 300 g/mol. The van der Waals surface area contributed by atoms with Gasteiger partial charge in [0.25, 0.3) is 0 Å². The lowest BCUT2D eigenvalue weighted by Crippen LogP contribution is -2.45. The third kappa shape index (κ3) is 4.26. The lowest BCUT2D eigenvalue weighted by atomic mass is 10.3. The van der Waals surface area contributed by atoms with Gasteiger partial charge in [0.05, 0.1) is 6.20 Å². The van der Waals surface area contributed by atoms with Crippen LogP contribution < -0.4 is 4.74 Å². The van der Waals surface area contributed by atoms with Crippen LogP contribution in [0.15, 0.2) is 22.9 Å². The number of ether oxygens (including phenoxy) is 1. The van der Waals surface area contributed by atoms with Crippen LogP contribution >= 0.6 is 15.9 Å². The zero-order valence-electron chi connectivity index (χ0n) is 10.1. The summed E-state index contributed by atoms with van der Waals surface area (Å²) in [5.41, 5.74) is 0. The SMILES string of the molecule is CN1CCN(CCOc2cncc(Br)c2)CC1. The third-order valence-electron chi connectivity index (χ3n) is 2.95. The predicted octanol–water partition coefficient (Wildman–Crippen LogP) is 1.47. The van der Waals surface area contributed by atoms with E-state index >= 15 is 0 Å². The number of hydrogen-bond donors (Lipinski definition) is 0. The van der Waals surface area contributed by atoms with Crippen LogP contribution in [-0.4, -0.2) is 61.2 Å². The highest BCUT2D eigenvalue weighted by atomic mass is 79.9. The van der Waals surface area contributed by atoms with E-state index in [1.807, 2.05) is 6.07 Å². The first-order valence-electron chi connectivity index (χ1n) is 5.88. The molecule has 1 aromatic heterocycles. The Balaban J connectivity index is 1.69. The number of rotatable bonds is 4. The zero-order valence-corrected chi connectivity index (χ0v) is 11.7. The second-order valence-corrected chi connectivity index (χ2v) is 5.25. The van der Waals surface area contributed by atoms with E-state index in [9.17, 15) is 0 Å². The first-order valence-corrected chi connectivity index (χ1v) is 6.67. The minimum absolute atomic E-state index is 0.724. The van der Waals surface area contributed by atoms with Gasteiger partial charge in [-0.3, -0.25) is 9.88 Å². The summed E-state index contributed by atoms with van der Waals surface area (Å²) in [6.07, 6.45) is 3.50. The van der Waals surface area contributed by atoms with Crippen molar-refractivity contribution >= 4 is 15.9 Å². The van der Waals surface area contributed by atoms with Crippen molar-refractivity contribution in [2.45, 2.75) is 0 Å². The molecule has 1 fully saturated rings. The molecule has 0 unspecified atom stereocenters. The molecule has 1 aromatic rings. The molecule has 0 radical (unpaired) electrons. The molecule has 0 saturated carbocycles. The summed E-state index contributed by atoms with van der Waals surface area (Å²) >= 11 is 3.38. The summed E-state index contributed by atoms with van der Waals surface area (Å²) in [4.78, 5) is 8.86. The van der Waals surface area contributed by atoms with Gasteiger partial charge in [0.15, 0.2) is 0 Å². The van der Waals surface area contributed by atoms with Crippen molar-refractivity contribution in [2.75, 3.05) is 46.4 Å². The highest BCUT2D eigenvalue weighted by Gasteiger charge is 2.13. The van der Waals surface area contributed by atoms with Gasteiger partial charge in [-0.1, -0.05) is 0 Å². The summed E-state index contributed by atoms with van der Waals surface area (Å²) in [5.74, 6) is 0.827. The van der Waals surface area contributed by atoms with Gasteiger partial charge in [0.1, 0.15) is 12.4 Å². The van der Waals surface area contributed by atoms with Crippen LogP contribution in [0.4, 0.5) is 0 Å². The Bertz CT molecular complexity index is 353.